The Bertz CT molecular complexity index is 1420. The summed E-state index contributed by atoms with van der Waals surface area (Å²) in [6, 6.07) is 30.9. The zero-order valence-corrected chi connectivity index (χ0v) is 18.4. The zero-order valence-electron chi connectivity index (χ0n) is 18.4. The van der Waals surface area contributed by atoms with Gasteiger partial charge < -0.3 is 4.57 Å². The van der Waals surface area contributed by atoms with E-state index in [9.17, 15) is 14.4 Å². The van der Waals surface area contributed by atoms with E-state index in [1.807, 2.05) is 97.1 Å². The number of para-hydroxylation sites is 1. The molecule has 166 valence electrons. The summed E-state index contributed by atoms with van der Waals surface area (Å²) in [6.07, 6.45) is 1.56. The van der Waals surface area contributed by atoms with Gasteiger partial charge in [0.2, 0.25) is 0 Å². The fraction of sp³-hybridized carbons (Fsp3) is 0.0357. The highest BCUT2D eigenvalue weighted by molar-refractivity contribution is 6.31. The molecular weight excluding hydrogens is 426 g/mol. The lowest BCUT2D eigenvalue weighted by Crippen LogP contribution is -2.52. The lowest BCUT2D eigenvalue weighted by Gasteiger charge is -2.22. The molecule has 0 unspecified atom stereocenters. The van der Waals surface area contributed by atoms with Crippen molar-refractivity contribution in [3.05, 3.63) is 108 Å². The van der Waals surface area contributed by atoms with Crippen molar-refractivity contribution in [2.45, 2.75) is 0 Å². The maximum Gasteiger partial charge on any atom is 0.331 e. The van der Waals surface area contributed by atoms with Crippen molar-refractivity contribution in [3.63, 3.8) is 0 Å². The Balaban J connectivity index is 1.82. The molecule has 1 N–H and O–H groups in total. The van der Waals surface area contributed by atoms with Gasteiger partial charge in [-0.15, -0.1) is 0 Å². The number of imide groups is 2. The number of nitrogens with zero attached hydrogens (tertiary/aromatic N) is 2. The largest absolute Gasteiger partial charge is 0.331 e. The number of barbiturate groups is 1. The molecule has 6 heteroatoms. The van der Waals surface area contributed by atoms with Crippen LogP contribution in [-0.4, -0.2) is 34.4 Å². The molecule has 4 amide bonds. The molecule has 1 aliphatic heterocycles. The summed E-state index contributed by atoms with van der Waals surface area (Å²) >= 11 is 0. The quantitative estimate of drug-likeness (QED) is 0.357. The smallest absolute Gasteiger partial charge is 0.309 e. The van der Waals surface area contributed by atoms with Crippen molar-refractivity contribution in [1.29, 1.82) is 0 Å². The maximum atomic E-state index is 12.8. The minimum Gasteiger partial charge on any atom is -0.309 e. The lowest BCUT2D eigenvalue weighted by atomic mass is 10.0. The Morgan fingerprint density at radius 2 is 1.29 bits per heavy atom. The first-order valence-electron chi connectivity index (χ1n) is 10.8. The average molecular weight is 447 g/mol. The Hall–Kier alpha value is -4.71. The summed E-state index contributed by atoms with van der Waals surface area (Å²) in [5, 5.41) is 2.23. The van der Waals surface area contributed by atoms with E-state index in [0.29, 0.717) is 5.56 Å². The molecule has 0 radical (unpaired) electrons. The van der Waals surface area contributed by atoms with Crippen molar-refractivity contribution in [1.82, 2.24) is 14.8 Å². The molecule has 3 aromatic carbocycles. The predicted octanol–water partition coefficient (Wildman–Crippen LogP) is 4.90. The van der Waals surface area contributed by atoms with Crippen LogP contribution < -0.4 is 5.32 Å². The Labute approximate surface area is 196 Å². The molecule has 1 aromatic heterocycles. The molecule has 0 bridgehead atoms. The van der Waals surface area contributed by atoms with Gasteiger partial charge in [-0.3, -0.25) is 19.8 Å². The van der Waals surface area contributed by atoms with Crippen LogP contribution in [0.3, 0.4) is 0 Å². The third-order valence-corrected chi connectivity index (χ3v) is 5.77. The number of hydrogen-bond acceptors (Lipinski definition) is 3. The first-order chi connectivity index (χ1) is 16.5. The normalized spacial score (nSPS) is 15.0. The van der Waals surface area contributed by atoms with Crippen LogP contribution in [0.15, 0.2) is 103 Å². The van der Waals surface area contributed by atoms with Gasteiger partial charge in [-0.05, 0) is 35.4 Å². The van der Waals surface area contributed by atoms with E-state index >= 15 is 0 Å². The monoisotopic (exact) mass is 447 g/mol. The Morgan fingerprint density at radius 1 is 0.735 bits per heavy atom. The molecule has 2 heterocycles. The number of likely N-dealkylation sites (N-methyl/N-ethyl adjacent to an activating group) is 1. The van der Waals surface area contributed by atoms with Crippen LogP contribution in [0.4, 0.5) is 4.79 Å². The Kier molecular flexibility index (Phi) is 5.40. The van der Waals surface area contributed by atoms with Crippen LogP contribution in [-0.2, 0) is 9.59 Å². The summed E-state index contributed by atoms with van der Waals surface area (Å²) in [5.41, 5.74) is 5.19. The second-order valence-electron chi connectivity index (χ2n) is 7.92. The van der Waals surface area contributed by atoms with Crippen molar-refractivity contribution >= 4 is 23.9 Å². The van der Waals surface area contributed by atoms with Gasteiger partial charge in [0.1, 0.15) is 5.57 Å². The molecule has 0 spiro atoms. The standard InChI is InChI=1S/C28H21N3O3/c1-30-27(33)23(26(32)29-28(30)34)17-21-18-24(19-11-5-2-6-12-19)31(22-15-9-4-10-16-22)25(21)20-13-7-3-8-14-20/h2-18H,1H3,(H,29,32,34)/b23-17-. The molecule has 5 rings (SSSR count). The molecule has 0 atom stereocenters. The van der Waals surface area contributed by atoms with Crippen LogP contribution in [0.25, 0.3) is 34.3 Å². The van der Waals surface area contributed by atoms with Crippen molar-refractivity contribution in [2.24, 2.45) is 0 Å². The number of benzene rings is 3. The van der Waals surface area contributed by atoms with E-state index in [0.717, 1.165) is 33.1 Å². The molecule has 1 aliphatic rings. The topological polar surface area (TPSA) is 71.4 Å². The van der Waals surface area contributed by atoms with E-state index in [4.69, 9.17) is 0 Å². The third kappa shape index (κ3) is 3.71. The number of nitrogens with one attached hydrogen (secondary N) is 1. The van der Waals surface area contributed by atoms with Crippen LogP contribution in [0, 0.1) is 0 Å². The first-order valence-corrected chi connectivity index (χ1v) is 10.8. The molecule has 1 fully saturated rings. The maximum absolute atomic E-state index is 12.8. The molecule has 6 nitrogen and oxygen atoms in total. The highest BCUT2D eigenvalue weighted by atomic mass is 16.2. The van der Waals surface area contributed by atoms with E-state index in [1.54, 1.807) is 6.08 Å². The first kappa shape index (κ1) is 21.2. The second-order valence-corrected chi connectivity index (χ2v) is 7.92. The van der Waals surface area contributed by atoms with Crippen molar-refractivity contribution < 1.29 is 14.4 Å². The van der Waals surface area contributed by atoms with Gasteiger partial charge >= 0.3 is 6.03 Å². The van der Waals surface area contributed by atoms with Gasteiger partial charge in [0, 0.05) is 18.3 Å². The minimum atomic E-state index is -0.734. The van der Waals surface area contributed by atoms with E-state index in [2.05, 4.69) is 9.88 Å². The highest BCUT2D eigenvalue weighted by Gasteiger charge is 2.33. The number of urea groups is 1. The number of carbonyl (C=O) groups excluding carboxylic acids is 3. The van der Waals surface area contributed by atoms with Crippen LogP contribution in [0.1, 0.15) is 5.56 Å². The summed E-state index contributed by atoms with van der Waals surface area (Å²) in [4.78, 5) is 38.2. The average Bonchev–Trinajstić information content (AvgIpc) is 3.26. The van der Waals surface area contributed by atoms with Gasteiger partial charge in [-0.1, -0.05) is 78.9 Å². The third-order valence-electron chi connectivity index (χ3n) is 5.77. The molecular formula is C28H21N3O3. The minimum absolute atomic E-state index is 0.0934. The van der Waals surface area contributed by atoms with Crippen LogP contribution in [0.2, 0.25) is 0 Å². The van der Waals surface area contributed by atoms with Gasteiger partial charge in [0.05, 0.1) is 11.4 Å². The SMILES string of the molecule is CN1C(=O)NC(=O)/C(=C/c2cc(-c3ccccc3)n(-c3ccccc3)c2-c2ccccc2)C1=O. The summed E-state index contributed by atoms with van der Waals surface area (Å²) in [7, 11) is 1.35. The van der Waals surface area contributed by atoms with Crippen molar-refractivity contribution in [2.75, 3.05) is 7.05 Å². The summed E-state index contributed by atoms with van der Waals surface area (Å²) in [5.74, 6) is -1.35. The fourth-order valence-electron chi connectivity index (χ4n) is 4.10. The van der Waals surface area contributed by atoms with E-state index in [1.165, 1.54) is 7.05 Å². The molecule has 4 aromatic rings. The number of rotatable bonds is 4. The zero-order chi connectivity index (χ0) is 23.7. The van der Waals surface area contributed by atoms with Crippen LogP contribution >= 0.6 is 0 Å². The number of hydrogen-bond donors (Lipinski definition) is 1. The van der Waals surface area contributed by atoms with E-state index in [-0.39, 0.29) is 5.57 Å². The number of amides is 4. The second kappa shape index (κ2) is 8.67. The van der Waals surface area contributed by atoms with Crippen molar-refractivity contribution in [3.8, 4) is 28.2 Å². The molecule has 0 aliphatic carbocycles. The highest BCUT2D eigenvalue weighted by Crippen LogP contribution is 2.37. The Morgan fingerprint density at radius 3 is 1.91 bits per heavy atom. The fourth-order valence-corrected chi connectivity index (χ4v) is 4.10. The molecule has 0 saturated carbocycles. The summed E-state index contributed by atoms with van der Waals surface area (Å²) < 4.78 is 2.12. The lowest BCUT2D eigenvalue weighted by molar-refractivity contribution is -0.129. The van der Waals surface area contributed by atoms with Gasteiger partial charge in [0.15, 0.2) is 0 Å². The van der Waals surface area contributed by atoms with Gasteiger partial charge in [-0.2, -0.15) is 0 Å². The number of aromatic nitrogens is 1. The number of carbonyl (C=O) groups is 3. The summed E-state index contributed by atoms with van der Waals surface area (Å²) in [6.45, 7) is 0. The molecule has 34 heavy (non-hydrogen) atoms. The predicted molar refractivity (Wildman–Crippen MR) is 131 cm³/mol. The molecule has 1 saturated heterocycles. The van der Waals surface area contributed by atoms with Gasteiger partial charge in [-0.25, -0.2) is 4.79 Å². The van der Waals surface area contributed by atoms with E-state index < -0.39 is 17.8 Å². The van der Waals surface area contributed by atoms with Crippen LogP contribution in [0.5, 0.6) is 0 Å². The van der Waals surface area contributed by atoms with Gasteiger partial charge in [0.25, 0.3) is 11.8 Å².